The van der Waals surface area contributed by atoms with Crippen LogP contribution in [-0.4, -0.2) is 13.7 Å². The Morgan fingerprint density at radius 1 is 1.56 bits per heavy atom. The van der Waals surface area contributed by atoms with Gasteiger partial charge in [0.2, 0.25) is 0 Å². The molecule has 0 N–H and O–H groups in total. The van der Waals surface area contributed by atoms with Crippen molar-refractivity contribution in [2.24, 2.45) is 0 Å². The van der Waals surface area contributed by atoms with Gasteiger partial charge in [0.15, 0.2) is 0 Å². The predicted octanol–water partition coefficient (Wildman–Crippen LogP) is 1.93. The summed E-state index contributed by atoms with van der Waals surface area (Å²) in [6.07, 6.45) is 5.34. The minimum atomic E-state index is 0.607. The summed E-state index contributed by atoms with van der Waals surface area (Å²) < 4.78 is 4.86. The lowest BCUT2D eigenvalue weighted by atomic mass is 10.2. The summed E-state index contributed by atoms with van der Waals surface area (Å²) in [5.41, 5.74) is 1.05. The van der Waals surface area contributed by atoms with Crippen LogP contribution in [0.4, 0.5) is 0 Å². The predicted molar refractivity (Wildman–Crippen MR) is 40.4 cm³/mol. The van der Waals surface area contributed by atoms with Crippen molar-refractivity contribution in [3.8, 4) is 0 Å². The van der Waals surface area contributed by atoms with E-state index in [1.54, 1.807) is 19.3 Å². The third kappa shape index (κ3) is 3.74. The maximum absolute atomic E-state index is 4.86. The third-order valence-electron chi connectivity index (χ3n) is 0.905. The smallest absolute Gasteiger partial charge is 0.0712 e. The first-order valence-electron chi connectivity index (χ1n) is 2.78. The zero-order chi connectivity index (χ0) is 7.11. The Bertz CT molecular complexity index is 123. The molecule has 0 atom stereocenters. The van der Waals surface area contributed by atoms with Gasteiger partial charge < -0.3 is 4.74 Å². The summed E-state index contributed by atoms with van der Waals surface area (Å²) in [5.74, 6) is 0. The molecule has 0 fully saturated rings. The zero-order valence-corrected chi connectivity index (χ0v) is 5.76. The van der Waals surface area contributed by atoms with Crippen LogP contribution in [0.1, 0.15) is 0 Å². The summed E-state index contributed by atoms with van der Waals surface area (Å²) in [4.78, 5) is 0. The molecule has 1 nitrogen and oxygen atoms in total. The Labute approximate surface area is 56.3 Å². The van der Waals surface area contributed by atoms with Crippen LogP contribution in [0.15, 0.2) is 37.0 Å². The Balaban J connectivity index is 3.80. The van der Waals surface area contributed by atoms with Crippen molar-refractivity contribution in [1.29, 1.82) is 0 Å². The molecule has 0 aliphatic carbocycles. The van der Waals surface area contributed by atoms with Gasteiger partial charge >= 0.3 is 0 Å². The topological polar surface area (TPSA) is 9.23 Å². The molecule has 0 saturated heterocycles. The van der Waals surface area contributed by atoms with E-state index in [4.69, 9.17) is 4.74 Å². The molecule has 0 bridgehead atoms. The highest BCUT2D eigenvalue weighted by atomic mass is 16.5. The van der Waals surface area contributed by atoms with Crippen LogP contribution in [0.3, 0.4) is 0 Å². The Morgan fingerprint density at radius 2 is 2.22 bits per heavy atom. The van der Waals surface area contributed by atoms with E-state index < -0.39 is 0 Å². The Morgan fingerprint density at radius 3 is 2.56 bits per heavy atom. The quantitative estimate of drug-likeness (QED) is 0.520. The average Bonchev–Trinajstić information content (AvgIpc) is 1.88. The lowest BCUT2D eigenvalue weighted by molar-refractivity contribution is 0.228. The number of ether oxygens (including phenoxy) is 1. The zero-order valence-electron chi connectivity index (χ0n) is 5.76. The van der Waals surface area contributed by atoms with Crippen LogP contribution in [0, 0.1) is 0 Å². The van der Waals surface area contributed by atoms with Gasteiger partial charge in [-0.15, -0.1) is 0 Å². The number of rotatable bonds is 4. The highest BCUT2D eigenvalue weighted by molar-refractivity contribution is 5.21. The highest BCUT2D eigenvalue weighted by Crippen LogP contribution is 1.94. The first-order chi connectivity index (χ1) is 4.35. The highest BCUT2D eigenvalue weighted by Gasteiger charge is 1.84. The molecule has 0 unspecified atom stereocenters. The lowest BCUT2D eigenvalue weighted by Gasteiger charge is -1.95. The van der Waals surface area contributed by atoms with Crippen LogP contribution in [0.25, 0.3) is 0 Å². The minimum absolute atomic E-state index is 0.607. The second-order valence-corrected chi connectivity index (χ2v) is 1.61. The van der Waals surface area contributed by atoms with Gasteiger partial charge in [-0.25, -0.2) is 0 Å². The summed E-state index contributed by atoms with van der Waals surface area (Å²) in [6, 6.07) is 0. The summed E-state index contributed by atoms with van der Waals surface area (Å²) in [7, 11) is 1.65. The number of allylic oxidation sites excluding steroid dienone is 2. The van der Waals surface area contributed by atoms with Crippen molar-refractivity contribution < 1.29 is 4.74 Å². The fourth-order valence-corrected chi connectivity index (χ4v) is 0.493. The molecular formula is C8H12O. The van der Waals surface area contributed by atoms with E-state index in [1.807, 2.05) is 6.08 Å². The lowest BCUT2D eigenvalue weighted by Crippen LogP contribution is -1.89. The van der Waals surface area contributed by atoms with E-state index >= 15 is 0 Å². The largest absolute Gasteiger partial charge is 0.380 e. The SMILES string of the molecule is C=C/C=C(\C=C)COC. The molecule has 0 saturated carbocycles. The van der Waals surface area contributed by atoms with Crippen molar-refractivity contribution in [1.82, 2.24) is 0 Å². The van der Waals surface area contributed by atoms with Gasteiger partial charge in [-0.2, -0.15) is 0 Å². The molecule has 0 aliphatic heterocycles. The van der Waals surface area contributed by atoms with E-state index in [0.717, 1.165) is 5.57 Å². The average molecular weight is 124 g/mol. The van der Waals surface area contributed by atoms with Crippen molar-refractivity contribution >= 4 is 0 Å². The fourth-order valence-electron chi connectivity index (χ4n) is 0.493. The standard InChI is InChI=1S/C8H12O/c1-4-6-8(5-2)7-9-3/h4-6H,1-2,7H2,3H3/b8-6+. The van der Waals surface area contributed by atoms with Crippen LogP contribution in [0.5, 0.6) is 0 Å². The van der Waals surface area contributed by atoms with Gasteiger partial charge in [0.05, 0.1) is 6.61 Å². The van der Waals surface area contributed by atoms with E-state index in [2.05, 4.69) is 13.2 Å². The van der Waals surface area contributed by atoms with Gasteiger partial charge in [-0.1, -0.05) is 31.4 Å². The van der Waals surface area contributed by atoms with Crippen LogP contribution < -0.4 is 0 Å². The fraction of sp³-hybridized carbons (Fsp3) is 0.250. The number of hydrogen-bond donors (Lipinski definition) is 0. The molecule has 0 radical (unpaired) electrons. The van der Waals surface area contributed by atoms with Crippen molar-refractivity contribution in [3.63, 3.8) is 0 Å². The van der Waals surface area contributed by atoms with Crippen LogP contribution in [-0.2, 0) is 4.74 Å². The third-order valence-corrected chi connectivity index (χ3v) is 0.905. The van der Waals surface area contributed by atoms with Crippen molar-refractivity contribution in [3.05, 3.63) is 37.0 Å². The molecule has 0 rings (SSSR count). The van der Waals surface area contributed by atoms with E-state index in [1.165, 1.54) is 0 Å². The van der Waals surface area contributed by atoms with Crippen LogP contribution >= 0.6 is 0 Å². The molecule has 50 valence electrons. The molecule has 0 heterocycles. The molecule has 0 spiro atoms. The second-order valence-electron chi connectivity index (χ2n) is 1.61. The van der Waals surface area contributed by atoms with E-state index in [-0.39, 0.29) is 0 Å². The van der Waals surface area contributed by atoms with Gasteiger partial charge in [-0.05, 0) is 5.57 Å². The van der Waals surface area contributed by atoms with E-state index in [0.29, 0.717) is 6.61 Å². The Kier molecular flexibility index (Phi) is 4.83. The summed E-state index contributed by atoms with van der Waals surface area (Å²) in [5, 5.41) is 0. The van der Waals surface area contributed by atoms with Gasteiger partial charge in [0.25, 0.3) is 0 Å². The summed E-state index contributed by atoms with van der Waals surface area (Å²) in [6.45, 7) is 7.76. The molecule has 0 amide bonds. The van der Waals surface area contributed by atoms with Gasteiger partial charge in [0.1, 0.15) is 0 Å². The Hall–Kier alpha value is -0.820. The molecule has 0 aromatic rings. The summed E-state index contributed by atoms with van der Waals surface area (Å²) >= 11 is 0. The normalized spacial score (nSPS) is 11.0. The molecule has 0 aliphatic rings. The number of methoxy groups -OCH3 is 1. The van der Waals surface area contributed by atoms with Crippen molar-refractivity contribution in [2.45, 2.75) is 0 Å². The molecular weight excluding hydrogens is 112 g/mol. The van der Waals surface area contributed by atoms with Gasteiger partial charge in [-0.3, -0.25) is 0 Å². The number of hydrogen-bond acceptors (Lipinski definition) is 1. The maximum atomic E-state index is 4.86. The maximum Gasteiger partial charge on any atom is 0.0712 e. The first kappa shape index (κ1) is 8.18. The molecule has 9 heavy (non-hydrogen) atoms. The first-order valence-corrected chi connectivity index (χ1v) is 2.78. The minimum Gasteiger partial charge on any atom is -0.380 e. The van der Waals surface area contributed by atoms with Crippen LogP contribution in [0.2, 0.25) is 0 Å². The van der Waals surface area contributed by atoms with Gasteiger partial charge in [0, 0.05) is 7.11 Å². The second kappa shape index (κ2) is 5.32. The van der Waals surface area contributed by atoms with Crippen molar-refractivity contribution in [2.75, 3.05) is 13.7 Å². The van der Waals surface area contributed by atoms with E-state index in [9.17, 15) is 0 Å². The molecule has 1 heteroatoms. The molecule has 0 aromatic carbocycles. The monoisotopic (exact) mass is 124 g/mol. The molecule has 0 aromatic heterocycles.